The average Bonchev–Trinajstić information content (AvgIpc) is 3.12. The molecule has 2 atom stereocenters. The maximum absolute atomic E-state index is 13.3. The van der Waals surface area contributed by atoms with Gasteiger partial charge in [-0.15, -0.1) is 0 Å². The Kier molecular flexibility index (Phi) is 3.98. The Balaban J connectivity index is 1.76. The number of benzene rings is 2. The monoisotopic (exact) mass is 374 g/mol. The van der Waals surface area contributed by atoms with Gasteiger partial charge < -0.3 is 20.9 Å². The molecule has 2 aromatic carbocycles. The first kappa shape index (κ1) is 17.3. The van der Waals surface area contributed by atoms with Gasteiger partial charge >= 0.3 is 0 Å². The zero-order valence-electron chi connectivity index (χ0n) is 14.5. The summed E-state index contributed by atoms with van der Waals surface area (Å²) in [6.45, 7) is 2.51. The lowest BCUT2D eigenvalue weighted by atomic mass is 9.99. The highest BCUT2D eigenvalue weighted by Gasteiger charge is 2.69. The van der Waals surface area contributed by atoms with Crippen LogP contribution >= 0.6 is 0 Å². The van der Waals surface area contributed by atoms with Crippen molar-refractivity contribution in [2.45, 2.75) is 23.0 Å². The topological polar surface area (TPSA) is 105 Å². The van der Waals surface area contributed by atoms with Crippen LogP contribution in [-0.2, 0) is 9.84 Å². The van der Waals surface area contributed by atoms with Gasteiger partial charge in [-0.3, -0.25) is 0 Å². The molecule has 2 aromatic rings. The molecule has 0 radical (unpaired) electrons. The standard InChI is InChI=1S/C19H22N2O4S/c1-12-2-5-14(6-3-12)26(22,23)18-17(19(18,9-20)10-21)13-4-7-15-16(8-13)25-11-24-15/h2-8,17-18H,9-11,20-21H2,1H3/t17-,18-/m1/s1. The van der Waals surface area contributed by atoms with Crippen molar-refractivity contribution >= 4 is 9.84 Å². The van der Waals surface area contributed by atoms with Gasteiger partial charge in [-0.25, -0.2) is 8.42 Å². The van der Waals surface area contributed by atoms with E-state index in [9.17, 15) is 8.42 Å². The van der Waals surface area contributed by atoms with Crippen molar-refractivity contribution in [3.63, 3.8) is 0 Å². The zero-order valence-corrected chi connectivity index (χ0v) is 15.3. The molecule has 1 aliphatic carbocycles. The lowest BCUT2D eigenvalue weighted by molar-refractivity contribution is 0.174. The van der Waals surface area contributed by atoms with Crippen LogP contribution in [0.4, 0.5) is 0 Å². The number of rotatable bonds is 5. The minimum Gasteiger partial charge on any atom is -0.454 e. The Morgan fingerprint density at radius 1 is 1.04 bits per heavy atom. The van der Waals surface area contributed by atoms with Crippen LogP contribution in [0, 0.1) is 12.3 Å². The highest BCUT2D eigenvalue weighted by Crippen LogP contribution is 2.63. The molecule has 0 aromatic heterocycles. The van der Waals surface area contributed by atoms with Crippen LogP contribution in [0.1, 0.15) is 17.0 Å². The third kappa shape index (κ3) is 2.42. The van der Waals surface area contributed by atoms with Gasteiger partial charge in [0.05, 0.1) is 10.1 Å². The predicted molar refractivity (Wildman–Crippen MR) is 98.0 cm³/mol. The van der Waals surface area contributed by atoms with E-state index in [-0.39, 0.29) is 25.8 Å². The Bertz CT molecular complexity index is 937. The minimum atomic E-state index is -3.56. The lowest BCUT2D eigenvalue weighted by Gasteiger charge is -2.13. The number of fused-ring (bicyclic) bond motifs is 1. The number of nitrogens with two attached hydrogens (primary N) is 2. The summed E-state index contributed by atoms with van der Waals surface area (Å²) < 4.78 is 37.4. The smallest absolute Gasteiger partial charge is 0.231 e. The first-order valence-corrected chi connectivity index (χ1v) is 10.1. The Hall–Kier alpha value is -2.09. The second-order valence-electron chi connectivity index (χ2n) is 7.01. The largest absolute Gasteiger partial charge is 0.454 e. The van der Waals surface area contributed by atoms with Crippen LogP contribution in [0.25, 0.3) is 0 Å². The van der Waals surface area contributed by atoms with Gasteiger partial charge in [0.2, 0.25) is 6.79 Å². The highest BCUT2D eigenvalue weighted by molar-refractivity contribution is 7.92. The fourth-order valence-electron chi connectivity index (χ4n) is 4.00. The minimum absolute atomic E-state index is 0.174. The van der Waals surface area contributed by atoms with E-state index in [1.807, 2.05) is 25.1 Å². The van der Waals surface area contributed by atoms with E-state index >= 15 is 0 Å². The van der Waals surface area contributed by atoms with Crippen LogP contribution in [0.2, 0.25) is 0 Å². The third-order valence-electron chi connectivity index (χ3n) is 5.58. The summed E-state index contributed by atoms with van der Waals surface area (Å²) in [5, 5.41) is -0.645. The summed E-state index contributed by atoms with van der Waals surface area (Å²) in [5.74, 6) is 1.03. The predicted octanol–water partition coefficient (Wildman–Crippen LogP) is 1.57. The highest BCUT2D eigenvalue weighted by atomic mass is 32.2. The molecule has 1 aliphatic heterocycles. The first-order valence-electron chi connectivity index (χ1n) is 8.54. The summed E-state index contributed by atoms with van der Waals surface area (Å²) >= 11 is 0. The molecule has 26 heavy (non-hydrogen) atoms. The zero-order chi connectivity index (χ0) is 18.5. The van der Waals surface area contributed by atoms with Gasteiger partial charge in [-0.2, -0.15) is 0 Å². The Labute approximate surface area is 153 Å². The summed E-state index contributed by atoms with van der Waals surface area (Å²) in [5.41, 5.74) is 13.2. The van der Waals surface area contributed by atoms with Crippen LogP contribution in [0.5, 0.6) is 11.5 Å². The van der Waals surface area contributed by atoms with Gasteiger partial charge in [0, 0.05) is 24.4 Å². The van der Waals surface area contributed by atoms with Crippen molar-refractivity contribution in [1.82, 2.24) is 0 Å². The van der Waals surface area contributed by atoms with E-state index in [4.69, 9.17) is 20.9 Å². The quantitative estimate of drug-likeness (QED) is 0.823. The molecule has 6 nitrogen and oxygen atoms in total. The summed E-state index contributed by atoms with van der Waals surface area (Å²) in [6.07, 6.45) is 0. The third-order valence-corrected chi connectivity index (χ3v) is 7.92. The molecule has 1 saturated carbocycles. The molecule has 4 rings (SSSR count). The molecule has 2 aliphatic rings. The molecule has 1 fully saturated rings. The molecule has 0 saturated heterocycles. The molecule has 4 N–H and O–H groups in total. The van der Waals surface area contributed by atoms with E-state index in [2.05, 4.69) is 0 Å². The van der Waals surface area contributed by atoms with Gasteiger partial charge in [-0.05, 0) is 36.8 Å². The Morgan fingerprint density at radius 3 is 2.35 bits per heavy atom. The van der Waals surface area contributed by atoms with E-state index in [0.717, 1.165) is 11.1 Å². The van der Waals surface area contributed by atoms with Gasteiger partial charge in [0.1, 0.15) is 0 Å². The van der Waals surface area contributed by atoms with Gasteiger partial charge in [-0.1, -0.05) is 23.8 Å². The molecule has 1 heterocycles. The average molecular weight is 374 g/mol. The fourth-order valence-corrected chi connectivity index (χ4v) is 6.47. The van der Waals surface area contributed by atoms with E-state index in [1.165, 1.54) is 0 Å². The second kappa shape index (κ2) is 5.97. The Morgan fingerprint density at radius 2 is 1.69 bits per heavy atom. The number of ether oxygens (including phenoxy) is 2. The van der Waals surface area contributed by atoms with Crippen LogP contribution in [0.3, 0.4) is 0 Å². The van der Waals surface area contributed by atoms with Crippen molar-refractivity contribution < 1.29 is 17.9 Å². The summed E-state index contributed by atoms with van der Waals surface area (Å²) in [6, 6.07) is 12.4. The molecule has 7 heteroatoms. The number of hydrogen-bond donors (Lipinski definition) is 2. The number of aryl methyl sites for hydroxylation is 1. The molecular weight excluding hydrogens is 352 g/mol. The maximum Gasteiger partial charge on any atom is 0.231 e. The molecule has 138 valence electrons. The fraction of sp³-hybridized carbons (Fsp3) is 0.368. The molecular formula is C19H22N2O4S. The van der Waals surface area contributed by atoms with E-state index < -0.39 is 20.5 Å². The second-order valence-corrected chi connectivity index (χ2v) is 9.08. The normalized spacial score (nSPS) is 23.0. The van der Waals surface area contributed by atoms with Crippen molar-refractivity contribution in [3.05, 3.63) is 53.6 Å². The van der Waals surface area contributed by atoms with Crippen molar-refractivity contribution in [3.8, 4) is 11.5 Å². The van der Waals surface area contributed by atoms with Crippen LogP contribution in [-0.4, -0.2) is 33.6 Å². The molecule has 0 amide bonds. The lowest BCUT2D eigenvalue weighted by Crippen LogP contribution is -2.31. The summed E-state index contributed by atoms with van der Waals surface area (Å²) in [4.78, 5) is 0.308. The van der Waals surface area contributed by atoms with Crippen LogP contribution in [0.15, 0.2) is 47.4 Å². The number of sulfone groups is 1. The van der Waals surface area contributed by atoms with Crippen molar-refractivity contribution in [2.24, 2.45) is 16.9 Å². The van der Waals surface area contributed by atoms with Crippen molar-refractivity contribution in [1.29, 1.82) is 0 Å². The first-order chi connectivity index (χ1) is 12.4. The summed E-state index contributed by atoms with van der Waals surface area (Å²) in [7, 11) is -3.56. The van der Waals surface area contributed by atoms with Crippen LogP contribution < -0.4 is 20.9 Å². The molecule has 0 spiro atoms. The van der Waals surface area contributed by atoms with E-state index in [0.29, 0.717) is 16.4 Å². The maximum atomic E-state index is 13.3. The van der Waals surface area contributed by atoms with Gasteiger partial charge in [0.15, 0.2) is 21.3 Å². The molecule has 0 unspecified atom stereocenters. The SMILES string of the molecule is Cc1ccc(S(=O)(=O)[C@@H]2[C@@H](c3ccc4c(c3)OCO4)C2(CN)CN)cc1. The number of hydrogen-bond acceptors (Lipinski definition) is 6. The van der Waals surface area contributed by atoms with E-state index in [1.54, 1.807) is 24.3 Å². The van der Waals surface area contributed by atoms with Crippen molar-refractivity contribution in [2.75, 3.05) is 19.9 Å². The molecule has 0 bridgehead atoms. The van der Waals surface area contributed by atoms with Gasteiger partial charge in [0.25, 0.3) is 0 Å².